The lowest BCUT2D eigenvalue weighted by atomic mass is 9.81. The first-order chi connectivity index (χ1) is 21.1. The number of esters is 1. The molecule has 0 heterocycles. The van der Waals surface area contributed by atoms with Crippen molar-refractivity contribution in [1.29, 1.82) is 0 Å². The van der Waals surface area contributed by atoms with Crippen molar-refractivity contribution in [2.75, 3.05) is 7.11 Å². The van der Waals surface area contributed by atoms with Gasteiger partial charge in [-0.25, -0.2) is 0 Å². The van der Waals surface area contributed by atoms with Crippen LogP contribution in [0.1, 0.15) is 96.8 Å². The fraction of sp³-hybridized carbons (Fsp3) is 0.963. The number of halogens is 18. The Labute approximate surface area is 274 Å². The Kier molecular flexibility index (Phi) is 16.9. The zero-order valence-corrected chi connectivity index (χ0v) is 27.3. The van der Waals surface area contributed by atoms with Crippen LogP contribution in [0.3, 0.4) is 0 Å². The van der Waals surface area contributed by atoms with E-state index in [9.17, 15) is 70.7 Å². The molecule has 2 unspecified atom stereocenters. The average Bonchev–Trinajstić information content (AvgIpc) is 2.94. The van der Waals surface area contributed by atoms with Crippen molar-refractivity contribution in [2.24, 2.45) is 5.92 Å². The van der Waals surface area contributed by atoms with E-state index in [0.717, 1.165) is 55.4 Å². The van der Waals surface area contributed by atoms with Crippen LogP contribution < -0.4 is 0 Å². The first-order valence-corrected chi connectivity index (χ1v) is 15.7. The summed E-state index contributed by atoms with van der Waals surface area (Å²) in [4.78, 5) is 11.2. The molecule has 0 N–H and O–H groups in total. The molecule has 2 nitrogen and oxygen atoms in total. The van der Waals surface area contributed by atoms with Gasteiger partial charge in [-0.1, -0.05) is 93.7 Å². The smallest absolute Gasteiger partial charge is 0.460 e. The van der Waals surface area contributed by atoms with E-state index >= 15 is 8.78 Å². The zero-order chi connectivity index (χ0) is 37.3. The Morgan fingerprint density at radius 1 is 0.532 bits per heavy atom. The SMILES string of the molecule is CCCCCCCCCCCC(C(I)CCCCC(=O)OC)C(F)(F)C(F)(F)C(F)(F)C(F)(F)C(F)(F)C(F)(F)C(F)(F)C(F)(F)F. The fourth-order valence-electron chi connectivity index (χ4n) is 4.58. The number of alkyl halides is 18. The second-order valence-corrected chi connectivity index (χ2v) is 12.7. The summed E-state index contributed by atoms with van der Waals surface area (Å²) in [7, 11) is 0.993. The minimum Gasteiger partial charge on any atom is -0.469 e. The van der Waals surface area contributed by atoms with Gasteiger partial charge in [0.2, 0.25) is 0 Å². The van der Waals surface area contributed by atoms with Crippen LogP contribution >= 0.6 is 22.6 Å². The zero-order valence-electron chi connectivity index (χ0n) is 25.2. The summed E-state index contributed by atoms with van der Waals surface area (Å²) in [5.74, 6) is -60.2. The van der Waals surface area contributed by atoms with E-state index < -0.39 is 82.7 Å². The largest absolute Gasteiger partial charge is 0.469 e. The Morgan fingerprint density at radius 3 is 1.30 bits per heavy atom. The predicted molar refractivity (Wildman–Crippen MR) is 144 cm³/mol. The van der Waals surface area contributed by atoms with Crippen LogP contribution in [0.4, 0.5) is 74.6 Å². The predicted octanol–water partition coefficient (Wildman–Crippen LogP) is 12.1. The molecule has 47 heavy (non-hydrogen) atoms. The van der Waals surface area contributed by atoms with Gasteiger partial charge in [-0.2, -0.15) is 74.6 Å². The topological polar surface area (TPSA) is 26.3 Å². The van der Waals surface area contributed by atoms with Gasteiger partial charge in [-0.05, 0) is 19.3 Å². The molecule has 0 rings (SSSR count). The molecule has 0 aliphatic carbocycles. The highest BCUT2D eigenvalue weighted by molar-refractivity contribution is 14.1. The normalized spacial score (nSPS) is 15.9. The molecule has 0 aromatic rings. The second kappa shape index (κ2) is 17.3. The van der Waals surface area contributed by atoms with Crippen LogP contribution in [0, 0.1) is 5.92 Å². The average molecular weight is 842 g/mol. The maximum atomic E-state index is 15.3. The molecule has 2 atom stereocenters. The first kappa shape index (κ1) is 46.0. The van der Waals surface area contributed by atoms with Crippen molar-refractivity contribution in [3.8, 4) is 0 Å². The van der Waals surface area contributed by atoms with Gasteiger partial charge in [0.25, 0.3) is 0 Å². The lowest BCUT2D eigenvalue weighted by Crippen LogP contribution is -2.75. The lowest BCUT2D eigenvalue weighted by molar-refractivity contribution is -0.463. The van der Waals surface area contributed by atoms with Gasteiger partial charge in [0.15, 0.2) is 0 Å². The van der Waals surface area contributed by atoms with Crippen LogP contribution in [-0.4, -0.2) is 64.6 Å². The molecule has 0 saturated heterocycles. The quantitative estimate of drug-likeness (QED) is 0.0337. The number of carbonyl (C=O) groups excluding carboxylic acids is 1. The van der Waals surface area contributed by atoms with E-state index in [2.05, 4.69) is 4.74 Å². The first-order valence-electron chi connectivity index (χ1n) is 14.5. The molecular weight excluding hydrogens is 806 g/mol. The third-order valence-electron chi connectivity index (χ3n) is 7.61. The van der Waals surface area contributed by atoms with Gasteiger partial charge in [0.05, 0.1) is 7.11 Å². The minimum atomic E-state index is -8.65. The molecule has 0 aromatic carbocycles. The van der Waals surface area contributed by atoms with Crippen LogP contribution in [0.5, 0.6) is 0 Å². The van der Waals surface area contributed by atoms with E-state index in [4.69, 9.17) is 0 Å². The van der Waals surface area contributed by atoms with E-state index in [1.165, 1.54) is 0 Å². The molecule has 0 bridgehead atoms. The van der Waals surface area contributed by atoms with Crippen molar-refractivity contribution < 1.29 is 84.2 Å². The third kappa shape index (κ3) is 9.84. The number of hydrogen-bond acceptors (Lipinski definition) is 2. The second-order valence-electron chi connectivity index (χ2n) is 11.1. The summed E-state index contributed by atoms with van der Waals surface area (Å²) in [5, 5.41) is 0. The number of unbranched alkanes of at least 4 members (excludes halogenated alkanes) is 9. The van der Waals surface area contributed by atoms with E-state index in [1.54, 1.807) is 0 Å². The third-order valence-corrected chi connectivity index (χ3v) is 9.10. The molecule has 0 fully saturated rings. The van der Waals surface area contributed by atoms with E-state index in [1.807, 2.05) is 6.92 Å². The molecular formula is C27H36F17IO2. The summed E-state index contributed by atoms with van der Waals surface area (Å²) in [5.41, 5.74) is 0. The maximum absolute atomic E-state index is 15.3. The van der Waals surface area contributed by atoms with Crippen LogP contribution in [0.25, 0.3) is 0 Å². The fourth-order valence-corrected chi connectivity index (χ4v) is 5.84. The Bertz CT molecular complexity index is 954. The summed E-state index contributed by atoms with van der Waals surface area (Å²) in [6.07, 6.45) is -5.40. The molecule has 0 spiro atoms. The van der Waals surface area contributed by atoms with Gasteiger partial charge in [-0.15, -0.1) is 0 Å². The molecule has 0 aliphatic heterocycles. The highest BCUT2D eigenvalue weighted by Crippen LogP contribution is 2.65. The van der Waals surface area contributed by atoms with Crippen LogP contribution in [-0.2, 0) is 9.53 Å². The van der Waals surface area contributed by atoms with Gasteiger partial charge in [0.1, 0.15) is 0 Å². The summed E-state index contributed by atoms with van der Waals surface area (Å²) in [6, 6.07) is 0. The van der Waals surface area contributed by atoms with Gasteiger partial charge >= 0.3 is 53.6 Å². The standard InChI is InChI=1S/C27H36F17IO2/c1-3-4-5-6-7-8-9-10-11-14-17(18(45)15-12-13-16-19(46)47-2)20(28,29)21(30,31)22(32,33)23(34,35)24(36,37)25(38,39)26(40,41)27(42,43)44/h17-18H,3-16H2,1-2H3. The van der Waals surface area contributed by atoms with Crippen LogP contribution in [0.15, 0.2) is 0 Å². The molecule has 282 valence electrons. The molecule has 0 amide bonds. The van der Waals surface area contributed by atoms with E-state index in [-0.39, 0.29) is 25.7 Å². The molecule has 20 heteroatoms. The van der Waals surface area contributed by atoms with Crippen molar-refractivity contribution in [3.63, 3.8) is 0 Å². The Hall–Kier alpha value is -0.990. The van der Waals surface area contributed by atoms with Crippen molar-refractivity contribution in [1.82, 2.24) is 0 Å². The highest BCUT2D eigenvalue weighted by Gasteiger charge is 2.95. The summed E-state index contributed by atoms with van der Waals surface area (Å²) < 4.78 is 238. The number of carbonyl (C=O) groups is 1. The number of rotatable bonds is 23. The Morgan fingerprint density at radius 2 is 0.894 bits per heavy atom. The lowest BCUT2D eigenvalue weighted by Gasteiger charge is -2.44. The van der Waals surface area contributed by atoms with Crippen molar-refractivity contribution >= 4 is 28.6 Å². The number of ether oxygens (including phenoxy) is 1. The van der Waals surface area contributed by atoms with Gasteiger partial charge in [0, 0.05) is 16.3 Å². The molecule has 0 aromatic heterocycles. The van der Waals surface area contributed by atoms with Crippen LogP contribution in [0.2, 0.25) is 0 Å². The molecule has 0 aliphatic rings. The van der Waals surface area contributed by atoms with E-state index in [0.29, 0.717) is 19.3 Å². The monoisotopic (exact) mass is 842 g/mol. The van der Waals surface area contributed by atoms with Gasteiger partial charge < -0.3 is 4.74 Å². The molecule has 0 radical (unpaired) electrons. The van der Waals surface area contributed by atoms with Crippen molar-refractivity contribution in [3.05, 3.63) is 0 Å². The van der Waals surface area contributed by atoms with Gasteiger partial charge in [-0.3, -0.25) is 4.79 Å². The maximum Gasteiger partial charge on any atom is 0.460 e. The minimum absolute atomic E-state index is 0.0288. The summed E-state index contributed by atoms with van der Waals surface area (Å²) in [6.45, 7) is 1.96. The van der Waals surface area contributed by atoms with Crippen molar-refractivity contribution in [2.45, 2.75) is 148 Å². The number of hydrogen-bond donors (Lipinski definition) is 0. The Balaban J connectivity index is 6.43. The summed E-state index contributed by atoms with van der Waals surface area (Å²) >= 11 is 1.07. The highest BCUT2D eigenvalue weighted by atomic mass is 127. The molecule has 0 saturated carbocycles. The number of methoxy groups -OCH3 is 1.